The summed E-state index contributed by atoms with van der Waals surface area (Å²) < 4.78 is 6.15. The van der Waals surface area contributed by atoms with Gasteiger partial charge in [-0.3, -0.25) is 4.79 Å². The third kappa shape index (κ3) is 3.40. The van der Waals surface area contributed by atoms with Crippen molar-refractivity contribution >= 4 is 40.1 Å². The van der Waals surface area contributed by atoms with Crippen LogP contribution in [0.1, 0.15) is 17.5 Å². The number of rotatable bonds is 4. The van der Waals surface area contributed by atoms with Crippen LogP contribution in [0.15, 0.2) is 46.9 Å². The summed E-state index contributed by atoms with van der Waals surface area (Å²) in [5.74, 6) is -0.0518. The normalized spacial score (nSPS) is 13.1. The van der Waals surface area contributed by atoms with Crippen molar-refractivity contribution in [1.82, 2.24) is 0 Å². The zero-order chi connectivity index (χ0) is 15.5. The molecule has 0 aliphatic carbocycles. The van der Waals surface area contributed by atoms with Gasteiger partial charge in [0.15, 0.2) is 0 Å². The van der Waals surface area contributed by atoms with Crippen LogP contribution in [0.25, 0.3) is 0 Å². The average molecular weight is 360 g/mol. The fourth-order valence-electron chi connectivity index (χ4n) is 2.62. The number of anilines is 1. The number of amides is 1. The van der Waals surface area contributed by atoms with E-state index in [-0.39, 0.29) is 5.91 Å². The Hall–Kier alpha value is -1.63. The number of nitrogens with one attached hydrogen (secondary N) is 1. The lowest BCUT2D eigenvalue weighted by Crippen LogP contribution is -2.31. The number of carbonyl (C=O) groups is 1. The van der Waals surface area contributed by atoms with E-state index in [2.05, 4.69) is 21.2 Å². The molecule has 2 aromatic carbocycles. The van der Waals surface area contributed by atoms with Crippen LogP contribution in [-0.2, 0) is 22.5 Å². The Balaban J connectivity index is 1.64. The van der Waals surface area contributed by atoms with Crippen LogP contribution in [-0.4, -0.2) is 18.0 Å². The van der Waals surface area contributed by atoms with E-state index in [1.54, 1.807) is 0 Å². The first-order valence-corrected chi connectivity index (χ1v) is 7.88. The Morgan fingerprint density at radius 1 is 1.32 bits per heavy atom. The van der Waals surface area contributed by atoms with Gasteiger partial charge in [-0.15, -0.1) is 0 Å². The minimum Gasteiger partial charge on any atom is -0.423 e. The monoisotopic (exact) mass is 359 g/mol. The molecule has 6 heteroatoms. The van der Waals surface area contributed by atoms with E-state index >= 15 is 0 Å². The number of fused-ring (bicyclic) bond motifs is 1. The van der Waals surface area contributed by atoms with Crippen LogP contribution in [0.3, 0.4) is 0 Å². The van der Waals surface area contributed by atoms with Gasteiger partial charge in [-0.25, -0.2) is 0 Å². The average Bonchev–Trinajstić information content (AvgIpc) is 2.87. The topological polar surface area (TPSA) is 58.6 Å². The standard InChI is InChI=1S/C16H15BBrNO3/c18-13-5-2-6-14(9-13)19-15(20)8-7-11-3-1-4-12-10-22-17(21)16(11)12/h1-6,9,21H,7-8,10H2,(H,19,20). The molecule has 3 rings (SSSR count). The molecule has 0 saturated heterocycles. The smallest absolute Gasteiger partial charge is 0.423 e. The molecule has 1 aliphatic rings. The molecule has 1 aliphatic heterocycles. The molecule has 0 unspecified atom stereocenters. The third-order valence-corrected chi connectivity index (χ3v) is 4.15. The molecule has 0 atom stereocenters. The zero-order valence-corrected chi connectivity index (χ0v) is 13.5. The molecule has 0 saturated carbocycles. The number of aryl methyl sites for hydroxylation is 1. The molecule has 0 aromatic heterocycles. The van der Waals surface area contributed by atoms with Gasteiger partial charge in [-0.2, -0.15) is 0 Å². The number of benzene rings is 2. The van der Waals surface area contributed by atoms with Gasteiger partial charge in [0.25, 0.3) is 0 Å². The van der Waals surface area contributed by atoms with E-state index in [9.17, 15) is 9.82 Å². The maximum Gasteiger partial charge on any atom is 0.492 e. The predicted octanol–water partition coefficient (Wildman–Crippen LogP) is 2.24. The number of halogens is 1. The Labute approximate surface area is 137 Å². The van der Waals surface area contributed by atoms with Gasteiger partial charge in [0.1, 0.15) is 0 Å². The first-order valence-electron chi connectivity index (χ1n) is 7.09. The van der Waals surface area contributed by atoms with Crippen molar-refractivity contribution in [2.24, 2.45) is 0 Å². The maximum absolute atomic E-state index is 12.1. The van der Waals surface area contributed by atoms with E-state index in [1.807, 2.05) is 42.5 Å². The van der Waals surface area contributed by atoms with Crippen molar-refractivity contribution < 1.29 is 14.5 Å². The van der Waals surface area contributed by atoms with Gasteiger partial charge in [0, 0.05) is 16.6 Å². The largest absolute Gasteiger partial charge is 0.492 e. The molecule has 0 spiro atoms. The van der Waals surface area contributed by atoms with E-state index in [4.69, 9.17) is 4.65 Å². The fraction of sp³-hybridized carbons (Fsp3) is 0.188. The molecule has 0 fully saturated rings. The first-order chi connectivity index (χ1) is 10.6. The highest BCUT2D eigenvalue weighted by Gasteiger charge is 2.29. The van der Waals surface area contributed by atoms with E-state index in [1.165, 1.54) is 0 Å². The van der Waals surface area contributed by atoms with Crippen molar-refractivity contribution in [1.29, 1.82) is 0 Å². The van der Waals surface area contributed by atoms with Crippen molar-refractivity contribution in [2.45, 2.75) is 19.4 Å². The molecule has 2 N–H and O–H groups in total. The van der Waals surface area contributed by atoms with Gasteiger partial charge in [-0.1, -0.05) is 40.2 Å². The van der Waals surface area contributed by atoms with Crippen LogP contribution < -0.4 is 10.8 Å². The minimum atomic E-state index is -0.876. The molecule has 0 bridgehead atoms. The molecule has 2 aromatic rings. The quantitative estimate of drug-likeness (QED) is 0.823. The summed E-state index contributed by atoms with van der Waals surface area (Å²) in [6, 6.07) is 13.3. The number of hydrogen-bond acceptors (Lipinski definition) is 3. The van der Waals surface area contributed by atoms with E-state index in [0.717, 1.165) is 26.7 Å². The third-order valence-electron chi connectivity index (χ3n) is 3.66. The molecular weight excluding hydrogens is 345 g/mol. The highest BCUT2D eigenvalue weighted by Crippen LogP contribution is 2.17. The Morgan fingerprint density at radius 3 is 2.95 bits per heavy atom. The van der Waals surface area contributed by atoms with Crippen LogP contribution in [0.2, 0.25) is 0 Å². The molecule has 22 heavy (non-hydrogen) atoms. The molecule has 1 heterocycles. The summed E-state index contributed by atoms with van der Waals surface area (Å²) in [7, 11) is -0.876. The van der Waals surface area contributed by atoms with Gasteiger partial charge in [0.05, 0.1) is 6.61 Å². The first kappa shape index (κ1) is 15.3. The Morgan fingerprint density at radius 2 is 2.14 bits per heavy atom. The van der Waals surface area contributed by atoms with E-state index in [0.29, 0.717) is 19.4 Å². The second-order valence-electron chi connectivity index (χ2n) is 5.21. The fourth-order valence-corrected chi connectivity index (χ4v) is 3.02. The highest BCUT2D eigenvalue weighted by atomic mass is 79.9. The summed E-state index contributed by atoms with van der Waals surface area (Å²) >= 11 is 3.38. The molecular formula is C16H15BBrNO3. The summed E-state index contributed by atoms with van der Waals surface area (Å²) in [6.45, 7) is 0.425. The van der Waals surface area contributed by atoms with E-state index < -0.39 is 7.12 Å². The second-order valence-corrected chi connectivity index (χ2v) is 6.13. The van der Waals surface area contributed by atoms with Gasteiger partial charge < -0.3 is 15.0 Å². The summed E-state index contributed by atoms with van der Waals surface area (Å²) in [5, 5.41) is 12.7. The lowest BCUT2D eigenvalue weighted by atomic mass is 9.75. The highest BCUT2D eigenvalue weighted by molar-refractivity contribution is 9.10. The van der Waals surface area contributed by atoms with Gasteiger partial charge >= 0.3 is 7.12 Å². The summed E-state index contributed by atoms with van der Waals surface area (Å²) in [5.41, 5.74) is 3.54. The van der Waals surface area contributed by atoms with Crippen molar-refractivity contribution in [3.05, 3.63) is 58.1 Å². The van der Waals surface area contributed by atoms with Crippen LogP contribution in [0.4, 0.5) is 5.69 Å². The van der Waals surface area contributed by atoms with Crippen LogP contribution >= 0.6 is 15.9 Å². The molecule has 0 radical (unpaired) electrons. The number of hydrogen-bond donors (Lipinski definition) is 2. The van der Waals surface area contributed by atoms with Crippen molar-refractivity contribution in [3.63, 3.8) is 0 Å². The molecule has 112 valence electrons. The molecule has 4 nitrogen and oxygen atoms in total. The van der Waals surface area contributed by atoms with Crippen molar-refractivity contribution in [3.8, 4) is 0 Å². The Bertz CT molecular complexity index is 708. The lowest BCUT2D eigenvalue weighted by molar-refractivity contribution is -0.116. The van der Waals surface area contributed by atoms with Crippen LogP contribution in [0, 0.1) is 0 Å². The second kappa shape index (κ2) is 6.65. The van der Waals surface area contributed by atoms with Crippen LogP contribution in [0.5, 0.6) is 0 Å². The van der Waals surface area contributed by atoms with Crippen molar-refractivity contribution in [2.75, 3.05) is 5.32 Å². The lowest BCUT2D eigenvalue weighted by Gasteiger charge is -2.09. The zero-order valence-electron chi connectivity index (χ0n) is 11.9. The SMILES string of the molecule is O=C(CCc1cccc2c1B(O)OC2)Nc1cccc(Br)c1. The number of carbonyl (C=O) groups excluding carboxylic acids is 1. The Kier molecular flexibility index (Phi) is 4.61. The van der Waals surface area contributed by atoms with Gasteiger partial charge in [0.2, 0.25) is 5.91 Å². The van der Waals surface area contributed by atoms with Gasteiger partial charge in [-0.05, 0) is 41.2 Å². The summed E-state index contributed by atoms with van der Waals surface area (Å²) in [4.78, 5) is 12.1. The predicted molar refractivity (Wildman–Crippen MR) is 89.9 cm³/mol. The molecule has 1 amide bonds. The maximum atomic E-state index is 12.1. The summed E-state index contributed by atoms with van der Waals surface area (Å²) in [6.07, 6.45) is 0.930. The minimum absolute atomic E-state index is 0.0518.